The summed E-state index contributed by atoms with van der Waals surface area (Å²) in [5.74, 6) is 0. The number of rotatable bonds is 3. The van der Waals surface area contributed by atoms with E-state index in [1.54, 1.807) is 0 Å². The molecule has 3 rings (SSSR count). The van der Waals surface area contributed by atoms with E-state index in [0.717, 1.165) is 18.1 Å². The number of aryl methyl sites for hydroxylation is 1. The van der Waals surface area contributed by atoms with Crippen molar-refractivity contribution >= 4 is 23.0 Å². The molecule has 0 radical (unpaired) electrons. The Labute approximate surface area is 138 Å². The first-order valence-corrected chi connectivity index (χ1v) is 8.31. The Hall–Kier alpha value is -1.67. The fourth-order valence-corrected chi connectivity index (χ4v) is 3.36. The van der Waals surface area contributed by atoms with Crippen molar-refractivity contribution < 1.29 is 0 Å². The van der Waals surface area contributed by atoms with Crippen LogP contribution in [0.15, 0.2) is 48.5 Å². The summed E-state index contributed by atoms with van der Waals surface area (Å²) in [5, 5.41) is 0.807. The van der Waals surface area contributed by atoms with Crippen LogP contribution in [0, 0.1) is 6.92 Å². The van der Waals surface area contributed by atoms with Crippen molar-refractivity contribution in [2.75, 3.05) is 29.9 Å². The molecule has 0 saturated carbocycles. The molecule has 0 aromatic heterocycles. The summed E-state index contributed by atoms with van der Waals surface area (Å²) >= 11 is 6.11. The van der Waals surface area contributed by atoms with Gasteiger partial charge in [-0.25, -0.2) is 0 Å². The lowest BCUT2D eigenvalue weighted by molar-refractivity contribution is 0.482. The standard InChI is InChI=1S/C19H23ClN2/c1-15-6-8-18(9-7-15)22-12-10-17(11-13-22)21(2)19-5-3-4-16(20)14-19/h3-9,14,17H,10-13H2,1-2H3. The number of nitrogens with zero attached hydrogens (tertiary/aromatic N) is 2. The molecular formula is C19H23ClN2. The third-order valence-corrected chi connectivity index (χ3v) is 4.86. The van der Waals surface area contributed by atoms with Crippen molar-refractivity contribution in [3.05, 3.63) is 59.1 Å². The van der Waals surface area contributed by atoms with Crippen molar-refractivity contribution in [1.82, 2.24) is 0 Å². The second-order valence-electron chi connectivity index (χ2n) is 6.14. The first-order valence-electron chi connectivity index (χ1n) is 7.93. The normalized spacial score (nSPS) is 15.9. The van der Waals surface area contributed by atoms with Crippen LogP contribution in [0.2, 0.25) is 5.02 Å². The molecule has 1 heterocycles. The van der Waals surface area contributed by atoms with E-state index < -0.39 is 0 Å². The molecule has 1 aliphatic rings. The monoisotopic (exact) mass is 314 g/mol. The third-order valence-electron chi connectivity index (χ3n) is 4.63. The number of hydrogen-bond donors (Lipinski definition) is 0. The van der Waals surface area contributed by atoms with Gasteiger partial charge in [0, 0.05) is 42.6 Å². The molecule has 1 aliphatic heterocycles. The molecule has 116 valence electrons. The van der Waals surface area contributed by atoms with E-state index in [9.17, 15) is 0 Å². The van der Waals surface area contributed by atoms with Crippen LogP contribution < -0.4 is 9.80 Å². The van der Waals surface area contributed by atoms with Gasteiger partial charge >= 0.3 is 0 Å². The fourth-order valence-electron chi connectivity index (χ4n) is 3.17. The van der Waals surface area contributed by atoms with Crippen LogP contribution in [0.4, 0.5) is 11.4 Å². The minimum atomic E-state index is 0.583. The van der Waals surface area contributed by atoms with Crippen molar-refractivity contribution in [1.29, 1.82) is 0 Å². The van der Waals surface area contributed by atoms with Gasteiger partial charge in [0.2, 0.25) is 0 Å². The van der Waals surface area contributed by atoms with E-state index in [1.165, 1.54) is 29.8 Å². The Morgan fingerprint density at radius 3 is 2.36 bits per heavy atom. The molecule has 2 aromatic carbocycles. The summed E-state index contributed by atoms with van der Waals surface area (Å²) in [6, 6.07) is 17.6. The Balaban J connectivity index is 1.62. The number of benzene rings is 2. The quantitative estimate of drug-likeness (QED) is 0.806. The highest BCUT2D eigenvalue weighted by molar-refractivity contribution is 6.30. The van der Waals surface area contributed by atoms with Gasteiger partial charge in [-0.2, -0.15) is 0 Å². The largest absolute Gasteiger partial charge is 0.371 e. The number of hydrogen-bond acceptors (Lipinski definition) is 2. The van der Waals surface area contributed by atoms with Gasteiger partial charge in [0.15, 0.2) is 0 Å². The predicted molar refractivity (Wildman–Crippen MR) is 96.3 cm³/mol. The second kappa shape index (κ2) is 6.62. The van der Waals surface area contributed by atoms with Crippen LogP contribution in [0.1, 0.15) is 18.4 Å². The zero-order chi connectivity index (χ0) is 15.5. The molecule has 2 nitrogen and oxygen atoms in total. The van der Waals surface area contributed by atoms with E-state index >= 15 is 0 Å². The smallest absolute Gasteiger partial charge is 0.0426 e. The lowest BCUT2D eigenvalue weighted by Gasteiger charge is -2.39. The zero-order valence-corrected chi connectivity index (χ0v) is 14.1. The van der Waals surface area contributed by atoms with Crippen LogP contribution in [-0.2, 0) is 0 Å². The van der Waals surface area contributed by atoms with Crippen molar-refractivity contribution in [3.8, 4) is 0 Å². The summed E-state index contributed by atoms with van der Waals surface area (Å²) in [6.07, 6.45) is 2.35. The summed E-state index contributed by atoms with van der Waals surface area (Å²) in [6.45, 7) is 4.35. The van der Waals surface area contributed by atoms with Crippen LogP contribution in [-0.4, -0.2) is 26.2 Å². The highest BCUT2D eigenvalue weighted by Gasteiger charge is 2.22. The van der Waals surface area contributed by atoms with Gasteiger partial charge in [-0.05, 0) is 50.1 Å². The van der Waals surface area contributed by atoms with Crippen LogP contribution in [0.5, 0.6) is 0 Å². The molecule has 1 fully saturated rings. The van der Waals surface area contributed by atoms with Gasteiger partial charge in [0.05, 0.1) is 0 Å². The fraction of sp³-hybridized carbons (Fsp3) is 0.368. The summed E-state index contributed by atoms with van der Waals surface area (Å²) in [4.78, 5) is 4.86. The molecule has 0 bridgehead atoms. The molecule has 2 aromatic rings. The molecule has 0 aliphatic carbocycles. The van der Waals surface area contributed by atoms with Gasteiger partial charge in [0.25, 0.3) is 0 Å². The van der Waals surface area contributed by atoms with E-state index in [-0.39, 0.29) is 0 Å². The molecule has 0 atom stereocenters. The van der Waals surface area contributed by atoms with Crippen LogP contribution in [0.25, 0.3) is 0 Å². The predicted octanol–water partition coefficient (Wildman–Crippen LogP) is 4.75. The lowest BCUT2D eigenvalue weighted by atomic mass is 10.0. The Kier molecular flexibility index (Phi) is 4.58. The third kappa shape index (κ3) is 3.38. The molecule has 22 heavy (non-hydrogen) atoms. The van der Waals surface area contributed by atoms with Gasteiger partial charge in [-0.1, -0.05) is 35.4 Å². The van der Waals surface area contributed by atoms with Gasteiger partial charge < -0.3 is 9.80 Å². The maximum atomic E-state index is 6.11. The maximum absolute atomic E-state index is 6.11. The van der Waals surface area contributed by atoms with Crippen molar-refractivity contribution in [3.63, 3.8) is 0 Å². The highest BCUT2D eigenvalue weighted by atomic mass is 35.5. The summed E-state index contributed by atoms with van der Waals surface area (Å²) < 4.78 is 0. The van der Waals surface area contributed by atoms with Gasteiger partial charge in [-0.3, -0.25) is 0 Å². The molecule has 0 N–H and O–H groups in total. The highest BCUT2D eigenvalue weighted by Crippen LogP contribution is 2.26. The zero-order valence-electron chi connectivity index (χ0n) is 13.3. The maximum Gasteiger partial charge on any atom is 0.0426 e. The summed E-state index contributed by atoms with van der Waals surface area (Å²) in [5.41, 5.74) is 3.87. The molecule has 0 spiro atoms. The van der Waals surface area contributed by atoms with Crippen molar-refractivity contribution in [2.45, 2.75) is 25.8 Å². The number of anilines is 2. The first-order chi connectivity index (χ1) is 10.6. The Bertz CT molecular complexity index is 616. The molecule has 1 saturated heterocycles. The van der Waals surface area contributed by atoms with Crippen molar-refractivity contribution in [2.24, 2.45) is 0 Å². The van der Waals surface area contributed by atoms with E-state index in [0.29, 0.717) is 6.04 Å². The molecule has 3 heteroatoms. The van der Waals surface area contributed by atoms with E-state index in [4.69, 9.17) is 11.6 Å². The summed E-state index contributed by atoms with van der Waals surface area (Å²) in [7, 11) is 2.18. The molecule has 0 unspecified atom stereocenters. The first kappa shape index (κ1) is 15.2. The van der Waals surface area contributed by atoms with Crippen LogP contribution >= 0.6 is 11.6 Å². The average molecular weight is 315 g/mol. The Morgan fingerprint density at radius 2 is 1.73 bits per heavy atom. The minimum absolute atomic E-state index is 0.583. The van der Waals surface area contributed by atoms with Gasteiger partial charge in [-0.15, -0.1) is 0 Å². The van der Waals surface area contributed by atoms with E-state index in [1.807, 2.05) is 18.2 Å². The molecule has 0 amide bonds. The van der Waals surface area contributed by atoms with Crippen LogP contribution in [0.3, 0.4) is 0 Å². The topological polar surface area (TPSA) is 6.48 Å². The molecular weight excluding hydrogens is 292 g/mol. The Morgan fingerprint density at radius 1 is 1.05 bits per heavy atom. The number of halogens is 1. The minimum Gasteiger partial charge on any atom is -0.371 e. The SMILES string of the molecule is Cc1ccc(N2CCC(N(C)c3cccc(Cl)c3)CC2)cc1. The second-order valence-corrected chi connectivity index (χ2v) is 6.58. The van der Waals surface area contributed by atoms with Gasteiger partial charge in [0.1, 0.15) is 0 Å². The van der Waals surface area contributed by atoms with E-state index in [2.05, 4.69) is 54.1 Å². The average Bonchev–Trinajstić information content (AvgIpc) is 2.55. The number of piperidine rings is 1. The lowest BCUT2D eigenvalue weighted by Crippen LogP contribution is -2.43.